The molecule has 0 aliphatic heterocycles. The Morgan fingerprint density at radius 1 is 1.44 bits per heavy atom. The Bertz CT molecular complexity index is 592. The van der Waals surface area contributed by atoms with Crippen LogP contribution in [0.4, 0.5) is 0 Å². The first kappa shape index (κ1) is 12.1. The highest BCUT2D eigenvalue weighted by molar-refractivity contribution is 9.10. The van der Waals surface area contributed by atoms with Gasteiger partial charge in [0.15, 0.2) is 0 Å². The maximum Gasteiger partial charge on any atom is 0.128 e. The molecule has 1 saturated carbocycles. The van der Waals surface area contributed by atoms with Gasteiger partial charge in [-0.05, 0) is 31.0 Å². The van der Waals surface area contributed by atoms with Gasteiger partial charge in [0.05, 0.1) is 18.3 Å². The molecule has 0 atom stereocenters. The van der Waals surface area contributed by atoms with E-state index in [2.05, 4.69) is 20.9 Å². The molecule has 0 bridgehead atoms. The largest absolute Gasteiger partial charge is 0.496 e. The number of ether oxygens (including phenoxy) is 1. The fourth-order valence-electron chi connectivity index (χ4n) is 1.86. The summed E-state index contributed by atoms with van der Waals surface area (Å²) in [6.07, 6.45) is 2.07. The van der Waals surface area contributed by atoms with E-state index in [1.807, 2.05) is 23.6 Å². The van der Waals surface area contributed by atoms with Crippen molar-refractivity contribution in [2.75, 3.05) is 7.11 Å². The van der Waals surface area contributed by atoms with Crippen molar-refractivity contribution in [3.8, 4) is 17.0 Å². The number of methoxy groups -OCH3 is 1. The van der Waals surface area contributed by atoms with Gasteiger partial charge >= 0.3 is 0 Å². The van der Waals surface area contributed by atoms with Crippen molar-refractivity contribution in [2.45, 2.75) is 18.4 Å². The highest BCUT2D eigenvalue weighted by Crippen LogP contribution is 2.45. The summed E-state index contributed by atoms with van der Waals surface area (Å²) in [6.45, 7) is 0. The molecule has 3 nitrogen and oxygen atoms in total. The number of rotatable bonds is 3. The fraction of sp³-hybridized carbons (Fsp3) is 0.308. The smallest absolute Gasteiger partial charge is 0.128 e. The lowest BCUT2D eigenvalue weighted by atomic mass is 10.1. The van der Waals surface area contributed by atoms with Crippen molar-refractivity contribution in [3.05, 3.63) is 33.1 Å². The van der Waals surface area contributed by atoms with Gasteiger partial charge < -0.3 is 10.5 Å². The Balaban J connectivity index is 2.04. The lowest BCUT2D eigenvalue weighted by molar-refractivity contribution is 0.416. The van der Waals surface area contributed by atoms with Crippen molar-refractivity contribution in [1.82, 2.24) is 4.98 Å². The van der Waals surface area contributed by atoms with Gasteiger partial charge in [-0.25, -0.2) is 4.98 Å². The summed E-state index contributed by atoms with van der Waals surface area (Å²) in [7, 11) is 1.67. The van der Waals surface area contributed by atoms with E-state index < -0.39 is 0 Å². The molecule has 0 unspecified atom stereocenters. The van der Waals surface area contributed by atoms with Gasteiger partial charge in [-0.3, -0.25) is 0 Å². The lowest BCUT2D eigenvalue weighted by Gasteiger charge is -2.07. The molecular weight excluding hydrogens is 312 g/mol. The van der Waals surface area contributed by atoms with Crippen LogP contribution in [-0.2, 0) is 5.54 Å². The van der Waals surface area contributed by atoms with Crippen LogP contribution in [0.25, 0.3) is 11.3 Å². The van der Waals surface area contributed by atoms with Gasteiger partial charge in [-0.2, -0.15) is 0 Å². The number of halogens is 1. The van der Waals surface area contributed by atoms with Gasteiger partial charge in [0.1, 0.15) is 10.8 Å². The molecule has 1 aliphatic rings. The van der Waals surface area contributed by atoms with E-state index in [4.69, 9.17) is 10.5 Å². The van der Waals surface area contributed by atoms with Gasteiger partial charge in [-0.1, -0.05) is 15.9 Å². The molecule has 0 amide bonds. The van der Waals surface area contributed by atoms with E-state index in [1.54, 1.807) is 18.4 Å². The van der Waals surface area contributed by atoms with Crippen LogP contribution in [0.1, 0.15) is 17.8 Å². The van der Waals surface area contributed by atoms with Crippen LogP contribution in [0, 0.1) is 0 Å². The zero-order valence-electron chi connectivity index (χ0n) is 9.94. The monoisotopic (exact) mass is 324 g/mol. The van der Waals surface area contributed by atoms with E-state index in [0.717, 1.165) is 39.3 Å². The number of nitrogens with two attached hydrogens (primary N) is 1. The zero-order valence-corrected chi connectivity index (χ0v) is 12.3. The molecule has 0 radical (unpaired) electrons. The number of hydrogen-bond acceptors (Lipinski definition) is 4. The average molecular weight is 325 g/mol. The Morgan fingerprint density at radius 3 is 2.89 bits per heavy atom. The topological polar surface area (TPSA) is 48.1 Å². The summed E-state index contributed by atoms with van der Waals surface area (Å²) in [4.78, 5) is 4.66. The van der Waals surface area contributed by atoms with Crippen molar-refractivity contribution in [3.63, 3.8) is 0 Å². The molecule has 1 fully saturated rings. The second-order valence-electron chi connectivity index (χ2n) is 4.54. The molecule has 2 aromatic rings. The minimum absolute atomic E-state index is 0.165. The summed E-state index contributed by atoms with van der Waals surface area (Å²) in [6, 6.07) is 5.92. The van der Waals surface area contributed by atoms with E-state index in [1.165, 1.54) is 0 Å². The minimum Gasteiger partial charge on any atom is -0.496 e. The Kier molecular flexibility index (Phi) is 2.92. The number of thiazole rings is 1. The van der Waals surface area contributed by atoms with E-state index >= 15 is 0 Å². The van der Waals surface area contributed by atoms with E-state index in [0.29, 0.717) is 0 Å². The quantitative estimate of drug-likeness (QED) is 0.939. The normalized spacial score (nSPS) is 16.6. The average Bonchev–Trinajstić information content (AvgIpc) is 2.94. The molecule has 3 rings (SSSR count). The first-order valence-corrected chi connectivity index (χ1v) is 7.38. The Hall–Kier alpha value is -0.910. The molecule has 1 aromatic carbocycles. The Labute approximate surface area is 118 Å². The molecule has 1 aliphatic carbocycles. The molecule has 0 saturated heterocycles. The van der Waals surface area contributed by atoms with Crippen LogP contribution in [0.2, 0.25) is 0 Å². The molecular formula is C13H13BrN2OS. The molecule has 18 heavy (non-hydrogen) atoms. The van der Waals surface area contributed by atoms with Crippen LogP contribution >= 0.6 is 27.3 Å². The summed E-state index contributed by atoms with van der Waals surface area (Å²) in [5.74, 6) is 0.830. The standard InChI is InChI=1S/C13H13BrN2OS/c1-17-11-3-2-8(14)6-9(11)10-7-18-12(16-10)13(15)4-5-13/h2-3,6-7H,4-5,15H2,1H3. The molecule has 5 heteroatoms. The predicted molar refractivity (Wildman–Crippen MR) is 76.9 cm³/mol. The van der Waals surface area contributed by atoms with Crippen molar-refractivity contribution < 1.29 is 4.74 Å². The van der Waals surface area contributed by atoms with E-state index in [-0.39, 0.29) is 5.54 Å². The maximum atomic E-state index is 6.17. The van der Waals surface area contributed by atoms with Gasteiger partial charge in [0, 0.05) is 15.4 Å². The molecule has 1 heterocycles. The number of hydrogen-bond donors (Lipinski definition) is 1. The third kappa shape index (κ3) is 2.06. The summed E-state index contributed by atoms with van der Waals surface area (Å²) < 4.78 is 6.39. The zero-order chi connectivity index (χ0) is 12.8. The summed E-state index contributed by atoms with van der Waals surface area (Å²) in [5, 5.41) is 3.08. The highest BCUT2D eigenvalue weighted by atomic mass is 79.9. The van der Waals surface area contributed by atoms with E-state index in [9.17, 15) is 0 Å². The van der Waals surface area contributed by atoms with Crippen molar-refractivity contribution >= 4 is 27.3 Å². The number of benzene rings is 1. The first-order chi connectivity index (χ1) is 8.62. The van der Waals surface area contributed by atoms with Gasteiger partial charge in [-0.15, -0.1) is 11.3 Å². The third-order valence-corrected chi connectivity index (χ3v) is 4.71. The second-order valence-corrected chi connectivity index (χ2v) is 6.31. The van der Waals surface area contributed by atoms with Gasteiger partial charge in [0.2, 0.25) is 0 Å². The third-order valence-electron chi connectivity index (χ3n) is 3.16. The first-order valence-electron chi connectivity index (χ1n) is 5.71. The van der Waals surface area contributed by atoms with Crippen molar-refractivity contribution in [1.29, 1.82) is 0 Å². The summed E-state index contributed by atoms with van der Waals surface area (Å²) in [5.41, 5.74) is 7.94. The fourth-order valence-corrected chi connectivity index (χ4v) is 3.21. The number of nitrogens with zero attached hydrogens (tertiary/aromatic N) is 1. The highest BCUT2D eigenvalue weighted by Gasteiger charge is 2.42. The van der Waals surface area contributed by atoms with Crippen LogP contribution in [0.15, 0.2) is 28.1 Å². The molecule has 1 aromatic heterocycles. The maximum absolute atomic E-state index is 6.17. The SMILES string of the molecule is COc1ccc(Br)cc1-c1csc(C2(N)CC2)n1. The van der Waals surface area contributed by atoms with Crippen LogP contribution < -0.4 is 10.5 Å². The van der Waals surface area contributed by atoms with Crippen LogP contribution in [0.5, 0.6) is 5.75 Å². The number of aromatic nitrogens is 1. The predicted octanol–water partition coefficient (Wildman–Crippen LogP) is 3.53. The van der Waals surface area contributed by atoms with Crippen LogP contribution in [-0.4, -0.2) is 12.1 Å². The molecule has 94 valence electrons. The second kappa shape index (κ2) is 4.33. The lowest BCUT2D eigenvalue weighted by Crippen LogP contribution is -2.18. The van der Waals surface area contributed by atoms with Crippen LogP contribution in [0.3, 0.4) is 0 Å². The molecule has 0 spiro atoms. The minimum atomic E-state index is -0.165. The summed E-state index contributed by atoms with van der Waals surface area (Å²) >= 11 is 5.11. The van der Waals surface area contributed by atoms with Gasteiger partial charge in [0.25, 0.3) is 0 Å². The molecule has 2 N–H and O–H groups in total. The van der Waals surface area contributed by atoms with Crippen molar-refractivity contribution in [2.24, 2.45) is 5.73 Å². The Morgan fingerprint density at radius 2 is 2.22 bits per heavy atom.